The van der Waals surface area contributed by atoms with Gasteiger partial charge in [-0.2, -0.15) is 0 Å². The lowest BCUT2D eigenvalue weighted by atomic mass is 10.0. The summed E-state index contributed by atoms with van der Waals surface area (Å²) in [5.41, 5.74) is -0.768. The van der Waals surface area contributed by atoms with Crippen LogP contribution >= 0.6 is 45.5 Å². The van der Waals surface area contributed by atoms with Crippen LogP contribution in [0.5, 0.6) is 5.75 Å². The molecule has 0 saturated carbocycles. The first kappa shape index (κ1) is 52.6. The second-order valence-electron chi connectivity index (χ2n) is 17.3. The number of carbonyl (C=O) groups excluding carboxylic acids is 6. The molecule has 3 heterocycles. The molecule has 18 nitrogen and oxygen atoms in total. The van der Waals surface area contributed by atoms with Gasteiger partial charge in [0, 0.05) is 10.0 Å². The second-order valence-corrected chi connectivity index (χ2v) is 21.2. The fraction of sp³-hybridized carbons (Fsp3) is 0.362. The third kappa shape index (κ3) is 13.7. The number of hydrogen-bond donors (Lipinski definition) is 2. The van der Waals surface area contributed by atoms with E-state index in [4.69, 9.17) is 40.1 Å². The Bertz CT molecular complexity index is 2560. The molecule has 2 N–H and O–H groups in total. The van der Waals surface area contributed by atoms with Gasteiger partial charge in [-0.05, 0) is 81.5 Å². The average Bonchev–Trinajstić information content (AvgIpc) is 3.65. The van der Waals surface area contributed by atoms with Crippen molar-refractivity contribution in [2.24, 2.45) is 5.16 Å². The molecule has 0 radical (unpaired) electrons. The predicted molar refractivity (Wildman–Crippen MR) is 264 cm³/mol. The first-order chi connectivity index (χ1) is 32.7. The number of carbonyl (C=O) groups is 6. The molecule has 0 spiro atoms. The molecule has 1 saturated heterocycles. The normalized spacial score (nSPS) is 17.5. The van der Waals surface area contributed by atoms with Crippen molar-refractivity contribution < 1.29 is 61.8 Å². The number of methoxy groups -OCH3 is 1. The number of amides is 3. The highest BCUT2D eigenvalue weighted by Gasteiger charge is 2.61. The minimum Gasteiger partial charge on any atom is -0.614 e. The van der Waals surface area contributed by atoms with Crippen LogP contribution in [0.3, 0.4) is 0 Å². The summed E-state index contributed by atoms with van der Waals surface area (Å²) >= 11 is 7.51. The maximum atomic E-state index is 14.5. The SMILES string of the molecule is COc1ccc(COC(=O)[C@H](CC(=O)OC(C)(C)C)O/N=C(\C(=O)N[C@@H]2C(=O)N3C(C(=O)OC(c4ccccc4)c4ccccc4)=C(CI)C[S@@+]([O-])[C@H]23)c2nc(NC(=O)OC(C)(C)C)sc2Cl)cc1. The molecular formula is C47H49ClIN5O13S2. The molecule has 1 fully saturated rings. The Hall–Kier alpha value is -5.75. The number of ether oxygens (including phenoxy) is 5. The lowest BCUT2D eigenvalue weighted by molar-refractivity contribution is -0.169. The third-order valence-electron chi connectivity index (χ3n) is 9.75. The van der Waals surface area contributed by atoms with Crippen molar-refractivity contribution in [3.63, 3.8) is 0 Å². The van der Waals surface area contributed by atoms with Crippen LogP contribution in [-0.4, -0.2) is 102 Å². The van der Waals surface area contributed by atoms with E-state index in [1.54, 1.807) is 114 Å². The molecule has 4 atom stereocenters. The number of anilines is 1. The van der Waals surface area contributed by atoms with Gasteiger partial charge in [0.05, 0.1) is 13.5 Å². The average molecular weight is 1120 g/mol. The number of alkyl halides is 1. The minimum absolute atomic E-state index is 0.0999. The van der Waals surface area contributed by atoms with Crippen LogP contribution in [0.15, 0.2) is 101 Å². The number of esters is 3. The Labute approximate surface area is 423 Å². The minimum atomic E-state index is -1.85. The Morgan fingerprint density at radius 3 is 2.12 bits per heavy atom. The topological polar surface area (TPSA) is 233 Å². The molecule has 69 heavy (non-hydrogen) atoms. The number of hydrogen-bond acceptors (Lipinski definition) is 16. The van der Waals surface area contributed by atoms with Gasteiger partial charge in [0.1, 0.15) is 45.0 Å². The van der Waals surface area contributed by atoms with Crippen molar-refractivity contribution in [2.75, 3.05) is 22.6 Å². The lowest BCUT2D eigenvalue weighted by Gasteiger charge is -2.49. The van der Waals surface area contributed by atoms with E-state index in [1.807, 2.05) is 34.7 Å². The second kappa shape index (κ2) is 22.8. The first-order valence-corrected chi connectivity index (χ1v) is 25.3. The van der Waals surface area contributed by atoms with Gasteiger partial charge in [-0.25, -0.2) is 19.4 Å². The summed E-state index contributed by atoms with van der Waals surface area (Å²) < 4.78 is 41.5. The molecule has 22 heteroatoms. The van der Waals surface area contributed by atoms with Crippen LogP contribution in [0.4, 0.5) is 9.93 Å². The van der Waals surface area contributed by atoms with E-state index in [9.17, 15) is 33.3 Å². The van der Waals surface area contributed by atoms with Gasteiger partial charge in [0.15, 0.2) is 23.0 Å². The number of nitrogens with zero attached hydrogens (tertiary/aromatic N) is 3. The molecule has 0 aliphatic carbocycles. The Morgan fingerprint density at radius 1 is 0.942 bits per heavy atom. The zero-order chi connectivity index (χ0) is 50.2. The molecule has 2 aliphatic heterocycles. The number of benzene rings is 3. The summed E-state index contributed by atoms with van der Waals surface area (Å²) in [7, 11) is 1.50. The van der Waals surface area contributed by atoms with Crippen LogP contribution in [0.2, 0.25) is 4.34 Å². The van der Waals surface area contributed by atoms with Gasteiger partial charge in [-0.1, -0.05) is 123 Å². The van der Waals surface area contributed by atoms with Gasteiger partial charge >= 0.3 is 24.0 Å². The summed E-state index contributed by atoms with van der Waals surface area (Å²) in [6.45, 7) is 9.54. The smallest absolute Gasteiger partial charge is 0.413 e. The zero-order valence-electron chi connectivity index (χ0n) is 38.4. The van der Waals surface area contributed by atoms with E-state index in [2.05, 4.69) is 20.8 Å². The summed E-state index contributed by atoms with van der Waals surface area (Å²) in [5, 5.41) is 7.57. The lowest BCUT2D eigenvalue weighted by Crippen LogP contribution is -2.75. The van der Waals surface area contributed by atoms with Crippen molar-refractivity contribution in [3.8, 4) is 5.75 Å². The molecule has 3 amide bonds. The number of aromatic nitrogens is 1. The maximum absolute atomic E-state index is 14.5. The highest BCUT2D eigenvalue weighted by atomic mass is 127. The molecule has 3 aromatic carbocycles. The molecule has 366 valence electrons. The standard InChI is InChI=1S/C47H49ClIN5O13S2/c1-46(2,3)65-32(55)22-31(42(58)63-24-26-18-20-30(62-7)21-19-26)67-53-34(33-38(48)68-44(51-33)52-45(60)66-47(4,5)6)39(56)50-35-40(57)54-36(29(23-49)25-69(61)41(35)54)43(59)64-37(27-14-10-8-11-15-27)28-16-12-9-13-17-28/h8-21,31,35,37,41H,22-25H2,1-7H3,(H,50,56)(H,51,52,60)/b53-34-/t31-,35+,41+,69+/m0/s1. The summed E-state index contributed by atoms with van der Waals surface area (Å²) in [5.74, 6) is -4.31. The quantitative estimate of drug-likeness (QED) is 0.0156. The van der Waals surface area contributed by atoms with Crippen LogP contribution in [0.1, 0.15) is 76.5 Å². The zero-order valence-corrected chi connectivity index (χ0v) is 43.0. The van der Waals surface area contributed by atoms with Gasteiger partial charge in [0.2, 0.25) is 11.5 Å². The monoisotopic (exact) mass is 1120 g/mol. The molecular weight excluding hydrogens is 1070 g/mol. The van der Waals surface area contributed by atoms with Crippen LogP contribution in [-0.2, 0) is 65.5 Å². The molecule has 6 rings (SSSR count). The van der Waals surface area contributed by atoms with E-state index < -0.39 is 93.9 Å². The van der Waals surface area contributed by atoms with Crippen molar-refractivity contribution >= 4 is 103 Å². The van der Waals surface area contributed by atoms with Crippen molar-refractivity contribution in [1.29, 1.82) is 0 Å². The molecule has 0 unspecified atom stereocenters. The number of oxime groups is 1. The van der Waals surface area contributed by atoms with Gasteiger partial charge < -0.3 is 38.4 Å². The maximum Gasteiger partial charge on any atom is 0.413 e. The fourth-order valence-corrected chi connectivity index (χ4v) is 10.5. The molecule has 2 aliphatic rings. The summed E-state index contributed by atoms with van der Waals surface area (Å²) in [6, 6.07) is 23.2. The Kier molecular flexibility index (Phi) is 17.4. The number of nitrogens with one attached hydrogen (secondary N) is 2. The van der Waals surface area contributed by atoms with Gasteiger partial charge in [-0.15, -0.1) is 0 Å². The van der Waals surface area contributed by atoms with E-state index in [0.717, 1.165) is 4.90 Å². The van der Waals surface area contributed by atoms with Gasteiger partial charge in [-0.3, -0.25) is 24.6 Å². The third-order valence-corrected chi connectivity index (χ3v) is 13.5. The Morgan fingerprint density at radius 2 is 1.55 bits per heavy atom. The molecule has 4 aromatic rings. The number of fused-ring (bicyclic) bond motifs is 1. The highest BCUT2D eigenvalue weighted by molar-refractivity contribution is 14.1. The number of halogens is 2. The summed E-state index contributed by atoms with van der Waals surface area (Å²) in [4.78, 5) is 93.3. The van der Waals surface area contributed by atoms with Crippen molar-refractivity contribution in [3.05, 3.63) is 123 Å². The van der Waals surface area contributed by atoms with E-state index in [1.165, 1.54) is 7.11 Å². The van der Waals surface area contributed by atoms with Crippen LogP contribution in [0, 0.1) is 0 Å². The van der Waals surface area contributed by atoms with Crippen LogP contribution < -0.4 is 15.4 Å². The number of thiazole rings is 1. The van der Waals surface area contributed by atoms with Crippen molar-refractivity contribution in [1.82, 2.24) is 15.2 Å². The summed E-state index contributed by atoms with van der Waals surface area (Å²) in [6.07, 6.45) is -4.31. The van der Waals surface area contributed by atoms with Crippen molar-refractivity contribution in [2.45, 2.75) is 89.4 Å². The predicted octanol–water partition coefficient (Wildman–Crippen LogP) is 7.15. The number of β-lactam (4-membered cyclic amide) rings is 1. The number of rotatable bonds is 17. The largest absolute Gasteiger partial charge is 0.614 e. The van der Waals surface area contributed by atoms with Crippen LogP contribution in [0.25, 0.3) is 0 Å². The van der Waals surface area contributed by atoms with E-state index in [-0.39, 0.29) is 37.6 Å². The van der Waals surface area contributed by atoms with E-state index in [0.29, 0.717) is 39.3 Å². The fourth-order valence-electron chi connectivity index (χ4n) is 6.77. The molecule has 1 aromatic heterocycles. The Balaban J connectivity index is 1.30. The first-order valence-electron chi connectivity index (χ1n) is 21.2. The van der Waals surface area contributed by atoms with Gasteiger partial charge in [0.25, 0.3) is 11.8 Å². The molecule has 0 bridgehead atoms. The highest BCUT2D eigenvalue weighted by Crippen LogP contribution is 2.39. The van der Waals surface area contributed by atoms with E-state index >= 15 is 0 Å².